The Morgan fingerprint density at radius 2 is 2.35 bits per heavy atom. The summed E-state index contributed by atoms with van der Waals surface area (Å²) in [5.74, 6) is -0.121. The van der Waals surface area contributed by atoms with Gasteiger partial charge in [0, 0.05) is 32.2 Å². The van der Waals surface area contributed by atoms with Crippen LogP contribution in [0.15, 0.2) is 18.2 Å². The van der Waals surface area contributed by atoms with Gasteiger partial charge < -0.3 is 11.1 Å². The third-order valence-electron chi connectivity index (χ3n) is 3.86. The van der Waals surface area contributed by atoms with Crippen molar-refractivity contribution < 1.29 is 9.18 Å². The Kier molecular flexibility index (Phi) is 5.09. The number of amides is 1. The minimum atomic E-state index is -0.204. The molecule has 1 fully saturated rings. The molecule has 1 amide bonds. The molecule has 3 N–H and O–H groups in total. The Balaban J connectivity index is 2.04. The standard InChI is InChI=1S/C15H22FN3O/c1-18-15(20)12-3-2-6-19(9-12)10-13-7-11(8-17)4-5-14(13)16/h4-5,7,12H,2-3,6,8-10,17H2,1H3,(H,18,20). The second kappa shape index (κ2) is 6.81. The van der Waals surface area contributed by atoms with E-state index >= 15 is 0 Å². The molecule has 1 aliphatic heterocycles. The van der Waals surface area contributed by atoms with Gasteiger partial charge in [-0.25, -0.2) is 4.39 Å². The van der Waals surface area contributed by atoms with E-state index < -0.39 is 0 Å². The van der Waals surface area contributed by atoms with Crippen LogP contribution in [-0.4, -0.2) is 30.9 Å². The zero-order valence-electron chi connectivity index (χ0n) is 11.9. The molecule has 2 rings (SSSR count). The van der Waals surface area contributed by atoms with Gasteiger partial charge in [0.1, 0.15) is 5.82 Å². The molecule has 0 radical (unpaired) electrons. The fourth-order valence-electron chi connectivity index (χ4n) is 2.73. The summed E-state index contributed by atoms with van der Waals surface area (Å²) >= 11 is 0. The molecule has 4 nitrogen and oxygen atoms in total. The van der Waals surface area contributed by atoms with Gasteiger partial charge in [0.2, 0.25) is 5.91 Å². The smallest absolute Gasteiger partial charge is 0.224 e. The fourth-order valence-corrected chi connectivity index (χ4v) is 2.73. The topological polar surface area (TPSA) is 58.4 Å². The summed E-state index contributed by atoms with van der Waals surface area (Å²) in [6.07, 6.45) is 1.87. The molecule has 1 saturated heterocycles. The highest BCUT2D eigenvalue weighted by Crippen LogP contribution is 2.20. The molecule has 0 bridgehead atoms. The summed E-state index contributed by atoms with van der Waals surface area (Å²) in [6, 6.07) is 5.00. The minimum absolute atomic E-state index is 0.00880. The number of hydrogen-bond acceptors (Lipinski definition) is 3. The van der Waals surface area contributed by atoms with E-state index in [1.54, 1.807) is 13.1 Å². The van der Waals surface area contributed by atoms with Crippen LogP contribution in [0.3, 0.4) is 0 Å². The van der Waals surface area contributed by atoms with Crippen molar-refractivity contribution in [3.8, 4) is 0 Å². The highest BCUT2D eigenvalue weighted by Gasteiger charge is 2.25. The van der Waals surface area contributed by atoms with E-state index in [9.17, 15) is 9.18 Å². The first-order valence-corrected chi connectivity index (χ1v) is 7.05. The van der Waals surface area contributed by atoms with Gasteiger partial charge in [-0.3, -0.25) is 9.69 Å². The van der Waals surface area contributed by atoms with Gasteiger partial charge in [0.15, 0.2) is 0 Å². The largest absolute Gasteiger partial charge is 0.359 e. The van der Waals surface area contributed by atoms with Crippen molar-refractivity contribution in [2.45, 2.75) is 25.9 Å². The Hall–Kier alpha value is -1.46. The molecule has 0 spiro atoms. The van der Waals surface area contributed by atoms with Crippen LogP contribution in [0.4, 0.5) is 4.39 Å². The van der Waals surface area contributed by atoms with Crippen LogP contribution in [0.5, 0.6) is 0 Å². The van der Waals surface area contributed by atoms with Gasteiger partial charge in [-0.1, -0.05) is 12.1 Å². The summed E-state index contributed by atoms with van der Waals surface area (Å²) in [5, 5.41) is 2.69. The summed E-state index contributed by atoms with van der Waals surface area (Å²) in [7, 11) is 1.66. The molecule has 1 aliphatic rings. The first-order valence-electron chi connectivity index (χ1n) is 7.05. The number of hydrogen-bond donors (Lipinski definition) is 2. The van der Waals surface area contributed by atoms with E-state index in [-0.39, 0.29) is 17.6 Å². The van der Waals surface area contributed by atoms with E-state index in [0.29, 0.717) is 25.2 Å². The molecular weight excluding hydrogens is 257 g/mol. The molecule has 0 aliphatic carbocycles. The van der Waals surface area contributed by atoms with Crippen molar-refractivity contribution in [2.75, 3.05) is 20.1 Å². The van der Waals surface area contributed by atoms with Crippen molar-refractivity contribution in [2.24, 2.45) is 11.7 Å². The Morgan fingerprint density at radius 3 is 3.05 bits per heavy atom. The maximum absolute atomic E-state index is 13.8. The van der Waals surface area contributed by atoms with Gasteiger partial charge in [-0.2, -0.15) is 0 Å². The first-order chi connectivity index (χ1) is 9.63. The summed E-state index contributed by atoms with van der Waals surface area (Å²) in [6.45, 7) is 2.53. The van der Waals surface area contributed by atoms with Crippen LogP contribution in [0.25, 0.3) is 0 Å². The highest BCUT2D eigenvalue weighted by atomic mass is 19.1. The predicted molar refractivity (Wildman–Crippen MR) is 76.4 cm³/mol. The molecule has 1 atom stereocenters. The van der Waals surface area contributed by atoms with Gasteiger partial charge in [0.25, 0.3) is 0 Å². The predicted octanol–water partition coefficient (Wildman–Crippen LogP) is 1.24. The normalized spacial score (nSPS) is 19.9. The lowest BCUT2D eigenvalue weighted by atomic mass is 9.96. The summed E-state index contributed by atoms with van der Waals surface area (Å²) < 4.78 is 13.8. The molecule has 1 heterocycles. The summed E-state index contributed by atoms with van der Waals surface area (Å²) in [4.78, 5) is 13.8. The van der Waals surface area contributed by atoms with Crippen LogP contribution < -0.4 is 11.1 Å². The number of benzene rings is 1. The SMILES string of the molecule is CNC(=O)C1CCCN(Cc2cc(CN)ccc2F)C1. The van der Waals surface area contributed by atoms with Crippen LogP contribution in [0.2, 0.25) is 0 Å². The van der Waals surface area contributed by atoms with E-state index in [2.05, 4.69) is 10.2 Å². The molecule has 110 valence electrons. The van der Waals surface area contributed by atoms with E-state index in [1.165, 1.54) is 6.07 Å². The van der Waals surface area contributed by atoms with E-state index in [4.69, 9.17) is 5.73 Å². The zero-order valence-corrected chi connectivity index (χ0v) is 11.9. The highest BCUT2D eigenvalue weighted by molar-refractivity contribution is 5.78. The molecule has 0 saturated carbocycles. The number of carbonyl (C=O) groups excluding carboxylic acids is 1. The lowest BCUT2D eigenvalue weighted by molar-refractivity contribution is -0.126. The second-order valence-corrected chi connectivity index (χ2v) is 5.32. The van der Waals surface area contributed by atoms with Gasteiger partial charge in [-0.05, 0) is 31.0 Å². The number of piperidine rings is 1. The van der Waals surface area contributed by atoms with Gasteiger partial charge in [-0.15, -0.1) is 0 Å². The second-order valence-electron chi connectivity index (χ2n) is 5.32. The molecule has 0 aromatic heterocycles. The van der Waals surface area contributed by atoms with Crippen molar-refractivity contribution in [3.63, 3.8) is 0 Å². The minimum Gasteiger partial charge on any atom is -0.359 e. The zero-order chi connectivity index (χ0) is 14.5. The van der Waals surface area contributed by atoms with Gasteiger partial charge in [0.05, 0.1) is 5.92 Å². The molecule has 1 unspecified atom stereocenters. The van der Waals surface area contributed by atoms with Crippen molar-refractivity contribution in [1.29, 1.82) is 0 Å². The third-order valence-corrected chi connectivity index (χ3v) is 3.86. The van der Waals surface area contributed by atoms with Crippen LogP contribution in [0.1, 0.15) is 24.0 Å². The summed E-state index contributed by atoms with van der Waals surface area (Å²) in [5.41, 5.74) is 7.18. The van der Waals surface area contributed by atoms with Crippen LogP contribution in [0, 0.1) is 11.7 Å². The first kappa shape index (κ1) is 14.9. The molecular formula is C15H22FN3O. The quantitative estimate of drug-likeness (QED) is 0.872. The number of nitrogens with one attached hydrogen (secondary N) is 1. The number of halogens is 1. The molecule has 1 aromatic carbocycles. The van der Waals surface area contributed by atoms with E-state index in [1.807, 2.05) is 6.07 Å². The average molecular weight is 279 g/mol. The van der Waals surface area contributed by atoms with Crippen LogP contribution in [-0.2, 0) is 17.9 Å². The van der Waals surface area contributed by atoms with Crippen molar-refractivity contribution >= 4 is 5.91 Å². The number of rotatable bonds is 4. The maximum Gasteiger partial charge on any atom is 0.224 e. The third kappa shape index (κ3) is 3.55. The van der Waals surface area contributed by atoms with Crippen LogP contribution >= 0.6 is 0 Å². The molecule has 20 heavy (non-hydrogen) atoms. The molecule has 1 aromatic rings. The number of nitrogens with two attached hydrogens (primary N) is 1. The monoisotopic (exact) mass is 279 g/mol. The van der Waals surface area contributed by atoms with Gasteiger partial charge >= 0.3 is 0 Å². The average Bonchev–Trinajstić information content (AvgIpc) is 2.49. The Labute approximate surface area is 119 Å². The lowest BCUT2D eigenvalue weighted by Crippen LogP contribution is -2.41. The number of likely N-dealkylation sites (tertiary alicyclic amines) is 1. The van der Waals surface area contributed by atoms with Crippen molar-refractivity contribution in [1.82, 2.24) is 10.2 Å². The maximum atomic E-state index is 13.8. The molecule has 5 heteroatoms. The number of nitrogens with zero attached hydrogens (tertiary/aromatic N) is 1. The van der Waals surface area contributed by atoms with Crippen molar-refractivity contribution in [3.05, 3.63) is 35.1 Å². The van der Waals surface area contributed by atoms with E-state index in [0.717, 1.165) is 24.9 Å². The number of carbonyl (C=O) groups is 1. The Morgan fingerprint density at radius 1 is 1.55 bits per heavy atom. The fraction of sp³-hybridized carbons (Fsp3) is 0.533. The lowest BCUT2D eigenvalue weighted by Gasteiger charge is -2.31. The Bertz CT molecular complexity index is 478.